The second-order valence-electron chi connectivity index (χ2n) is 4.33. The molecule has 114 valence electrons. The third kappa shape index (κ3) is 5.98. The quantitative estimate of drug-likeness (QED) is 0.662. The van der Waals surface area contributed by atoms with Gasteiger partial charge in [0.2, 0.25) is 10.0 Å². The summed E-state index contributed by atoms with van der Waals surface area (Å²) in [6.07, 6.45) is 4.55. The van der Waals surface area contributed by atoms with Crippen molar-refractivity contribution in [2.24, 2.45) is 0 Å². The lowest BCUT2D eigenvalue weighted by Gasteiger charge is -2.08. The lowest BCUT2D eigenvalue weighted by molar-refractivity contribution is 0.580. The van der Waals surface area contributed by atoms with E-state index in [1.54, 1.807) is 6.26 Å². The molecule has 0 aliphatic rings. The van der Waals surface area contributed by atoms with Gasteiger partial charge in [-0.3, -0.25) is 4.21 Å². The summed E-state index contributed by atoms with van der Waals surface area (Å²) in [5.74, 6) is 1.03. The molecule has 0 saturated heterocycles. The van der Waals surface area contributed by atoms with Crippen molar-refractivity contribution in [3.8, 4) is 0 Å². The Kier molecular flexibility index (Phi) is 7.11. The third-order valence-corrected chi connectivity index (χ3v) is 4.82. The Morgan fingerprint density at radius 3 is 2.75 bits per heavy atom. The molecular weight excluding hydrogens is 298 g/mol. The fourth-order valence-electron chi connectivity index (χ4n) is 1.49. The van der Waals surface area contributed by atoms with Crippen LogP contribution in [0.4, 0.5) is 5.82 Å². The summed E-state index contributed by atoms with van der Waals surface area (Å²) in [5, 5.41) is 3.05. The maximum Gasteiger partial charge on any atom is 0.240 e. The minimum atomic E-state index is -3.53. The molecule has 0 aromatic carbocycles. The molecule has 1 heterocycles. The topological polar surface area (TPSA) is 88.2 Å². The van der Waals surface area contributed by atoms with Gasteiger partial charge in [-0.25, -0.2) is 18.1 Å². The van der Waals surface area contributed by atoms with Gasteiger partial charge in [0.1, 0.15) is 5.82 Å². The second kappa shape index (κ2) is 8.33. The van der Waals surface area contributed by atoms with E-state index >= 15 is 0 Å². The first-order valence-corrected chi connectivity index (χ1v) is 9.66. The molecule has 6 nitrogen and oxygen atoms in total. The maximum absolute atomic E-state index is 12.1. The van der Waals surface area contributed by atoms with Crippen LogP contribution in [0.5, 0.6) is 0 Å². The van der Waals surface area contributed by atoms with E-state index in [0.29, 0.717) is 18.0 Å². The van der Waals surface area contributed by atoms with E-state index in [1.807, 2.05) is 6.92 Å². The average molecular weight is 319 g/mol. The van der Waals surface area contributed by atoms with Gasteiger partial charge in [0.15, 0.2) is 0 Å². The molecule has 1 rings (SSSR count). The maximum atomic E-state index is 12.1. The lowest BCUT2D eigenvalue weighted by Crippen LogP contribution is -2.25. The van der Waals surface area contributed by atoms with E-state index in [0.717, 1.165) is 13.0 Å². The highest BCUT2D eigenvalue weighted by atomic mass is 32.2. The minimum absolute atomic E-state index is 0.184. The van der Waals surface area contributed by atoms with Crippen LogP contribution >= 0.6 is 0 Å². The first kappa shape index (κ1) is 17.1. The summed E-state index contributed by atoms with van der Waals surface area (Å²) in [7, 11) is -4.44. The van der Waals surface area contributed by atoms with E-state index in [4.69, 9.17) is 0 Å². The Bertz CT molecular complexity index is 547. The van der Waals surface area contributed by atoms with E-state index in [1.165, 1.54) is 18.3 Å². The third-order valence-electron chi connectivity index (χ3n) is 2.50. The lowest BCUT2D eigenvalue weighted by atomic mass is 10.4. The molecule has 8 heteroatoms. The van der Waals surface area contributed by atoms with Crippen LogP contribution in [0.2, 0.25) is 0 Å². The van der Waals surface area contributed by atoms with Crippen LogP contribution in [0.3, 0.4) is 0 Å². The van der Waals surface area contributed by atoms with Crippen LogP contribution in [0.25, 0.3) is 0 Å². The van der Waals surface area contributed by atoms with E-state index in [-0.39, 0.29) is 11.4 Å². The largest absolute Gasteiger partial charge is 0.370 e. The predicted octanol–water partition coefficient (Wildman–Crippen LogP) is 0.950. The van der Waals surface area contributed by atoms with E-state index in [9.17, 15) is 12.6 Å². The molecule has 20 heavy (non-hydrogen) atoms. The number of hydrogen-bond acceptors (Lipinski definition) is 5. The van der Waals surface area contributed by atoms with Crippen LogP contribution in [0.1, 0.15) is 19.8 Å². The van der Waals surface area contributed by atoms with Gasteiger partial charge in [-0.15, -0.1) is 0 Å². The van der Waals surface area contributed by atoms with Gasteiger partial charge in [-0.2, -0.15) is 0 Å². The van der Waals surface area contributed by atoms with Crippen molar-refractivity contribution >= 4 is 26.6 Å². The van der Waals surface area contributed by atoms with Crippen LogP contribution in [-0.4, -0.2) is 42.7 Å². The first-order valence-electron chi connectivity index (χ1n) is 6.45. The molecule has 2 N–H and O–H groups in total. The zero-order valence-corrected chi connectivity index (χ0v) is 13.4. The molecule has 1 unspecified atom stereocenters. The monoisotopic (exact) mass is 319 g/mol. The fraction of sp³-hybridized carbons (Fsp3) is 0.583. The molecule has 0 fully saturated rings. The number of nitrogens with zero attached hydrogens (tertiary/aromatic N) is 1. The fourth-order valence-corrected chi connectivity index (χ4v) is 3.13. The normalized spacial score (nSPS) is 13.1. The molecular formula is C12H21N3O3S2. The van der Waals surface area contributed by atoms with Crippen molar-refractivity contribution in [3.05, 3.63) is 18.3 Å². The van der Waals surface area contributed by atoms with E-state index in [2.05, 4.69) is 15.0 Å². The molecule has 0 radical (unpaired) electrons. The molecule has 0 spiro atoms. The van der Waals surface area contributed by atoms with Gasteiger partial charge in [0, 0.05) is 48.2 Å². The Labute approximate surface area is 122 Å². The molecule has 0 saturated carbocycles. The van der Waals surface area contributed by atoms with Gasteiger partial charge in [-0.1, -0.05) is 6.92 Å². The summed E-state index contributed by atoms with van der Waals surface area (Å²) in [6.45, 7) is 3.04. The number of pyridine rings is 1. The standard InChI is InChI=1S/C12H21N3O3S2/c1-3-6-13-12-10-11(5-8-14-12)20(17,18)15-7-4-9-19(2)16/h5,8,10,15H,3-4,6-7,9H2,1-2H3,(H,13,14). The van der Waals surface area contributed by atoms with Crippen molar-refractivity contribution < 1.29 is 12.6 Å². The summed E-state index contributed by atoms with van der Waals surface area (Å²) >= 11 is 0. The van der Waals surface area contributed by atoms with Gasteiger partial charge in [0.05, 0.1) is 4.90 Å². The molecule has 1 aromatic rings. The Morgan fingerprint density at radius 1 is 1.35 bits per heavy atom. The molecule has 1 aromatic heterocycles. The highest BCUT2D eigenvalue weighted by Gasteiger charge is 2.14. The van der Waals surface area contributed by atoms with Crippen molar-refractivity contribution in [2.75, 3.05) is 30.4 Å². The number of nitrogens with one attached hydrogen (secondary N) is 2. The average Bonchev–Trinajstić information content (AvgIpc) is 2.41. The van der Waals surface area contributed by atoms with Crippen LogP contribution < -0.4 is 10.0 Å². The highest BCUT2D eigenvalue weighted by Crippen LogP contribution is 2.12. The number of rotatable bonds is 9. The van der Waals surface area contributed by atoms with Gasteiger partial charge in [0.25, 0.3) is 0 Å². The summed E-state index contributed by atoms with van der Waals surface area (Å²) in [6, 6.07) is 2.97. The highest BCUT2D eigenvalue weighted by molar-refractivity contribution is 7.89. The van der Waals surface area contributed by atoms with Crippen molar-refractivity contribution in [1.82, 2.24) is 9.71 Å². The number of anilines is 1. The zero-order chi connectivity index (χ0) is 15.0. The second-order valence-corrected chi connectivity index (χ2v) is 7.65. The van der Waals surface area contributed by atoms with Crippen LogP contribution in [0.15, 0.2) is 23.2 Å². The summed E-state index contributed by atoms with van der Waals surface area (Å²) in [4.78, 5) is 4.25. The van der Waals surface area contributed by atoms with Gasteiger partial charge < -0.3 is 5.32 Å². The van der Waals surface area contributed by atoms with Crippen molar-refractivity contribution in [1.29, 1.82) is 0 Å². The molecule has 1 atom stereocenters. The molecule has 0 amide bonds. The van der Waals surface area contributed by atoms with Gasteiger partial charge in [-0.05, 0) is 18.9 Å². The number of hydrogen-bond donors (Lipinski definition) is 2. The molecule has 0 aliphatic heterocycles. The SMILES string of the molecule is CCCNc1cc(S(=O)(=O)NCCCS(C)=O)ccn1. The van der Waals surface area contributed by atoms with Crippen LogP contribution in [-0.2, 0) is 20.8 Å². The van der Waals surface area contributed by atoms with Crippen molar-refractivity contribution in [3.63, 3.8) is 0 Å². The number of aromatic nitrogens is 1. The first-order chi connectivity index (χ1) is 9.45. The molecule has 0 aliphatic carbocycles. The Hall–Kier alpha value is -0.990. The summed E-state index contributed by atoms with van der Waals surface area (Å²) in [5.41, 5.74) is 0. The molecule has 0 bridgehead atoms. The Balaban J connectivity index is 2.64. The summed E-state index contributed by atoms with van der Waals surface area (Å²) < 4.78 is 37.5. The smallest absolute Gasteiger partial charge is 0.240 e. The van der Waals surface area contributed by atoms with Crippen LogP contribution in [0, 0.1) is 0 Å². The van der Waals surface area contributed by atoms with Crippen molar-refractivity contribution in [2.45, 2.75) is 24.7 Å². The predicted molar refractivity (Wildman–Crippen MR) is 81.8 cm³/mol. The zero-order valence-electron chi connectivity index (χ0n) is 11.8. The van der Waals surface area contributed by atoms with E-state index < -0.39 is 20.8 Å². The minimum Gasteiger partial charge on any atom is -0.370 e. The Morgan fingerprint density at radius 2 is 2.10 bits per heavy atom. The van der Waals surface area contributed by atoms with Gasteiger partial charge >= 0.3 is 0 Å². The number of sulfonamides is 1.